The van der Waals surface area contributed by atoms with E-state index < -0.39 is 22.7 Å². The number of H-pyrrole nitrogens is 1. The van der Waals surface area contributed by atoms with Crippen molar-refractivity contribution in [2.75, 3.05) is 6.54 Å². The fourth-order valence-electron chi connectivity index (χ4n) is 2.73. The normalized spacial score (nSPS) is 14.7. The lowest BCUT2D eigenvalue weighted by molar-refractivity contribution is -0.137. The molecular weight excluding hydrogens is 331 g/mol. The summed E-state index contributed by atoms with van der Waals surface area (Å²) < 4.78 is 38.7. The van der Waals surface area contributed by atoms with Crippen molar-refractivity contribution < 1.29 is 18.0 Å². The van der Waals surface area contributed by atoms with Crippen LogP contribution in [-0.2, 0) is 19.1 Å². The lowest BCUT2D eigenvalue weighted by Crippen LogP contribution is -2.36. The Hall–Kier alpha value is -2.02. The van der Waals surface area contributed by atoms with Crippen LogP contribution in [-0.4, -0.2) is 27.5 Å². The molecule has 122 valence electrons. The number of aromatic amines is 1. The van der Waals surface area contributed by atoms with Crippen molar-refractivity contribution in [1.29, 1.82) is 0 Å². The van der Waals surface area contributed by atoms with Gasteiger partial charge in [-0.05, 0) is 31.0 Å². The summed E-state index contributed by atoms with van der Waals surface area (Å²) in [5.41, 5.74) is 1.61. The number of carbonyl (C=O) groups excluding carboxylic acids is 1. The molecule has 0 radical (unpaired) electrons. The summed E-state index contributed by atoms with van der Waals surface area (Å²) in [4.78, 5) is 14.0. The van der Waals surface area contributed by atoms with Gasteiger partial charge in [-0.1, -0.05) is 17.7 Å². The van der Waals surface area contributed by atoms with E-state index in [-0.39, 0.29) is 12.1 Å². The highest BCUT2D eigenvalue weighted by Crippen LogP contribution is 2.36. The Morgan fingerprint density at radius 3 is 2.83 bits per heavy atom. The van der Waals surface area contributed by atoms with Crippen LogP contribution in [0.2, 0.25) is 5.02 Å². The maximum absolute atomic E-state index is 12.9. The summed E-state index contributed by atoms with van der Waals surface area (Å²) >= 11 is 5.82. The molecule has 0 unspecified atom stereocenters. The Balaban J connectivity index is 1.90. The molecule has 0 fully saturated rings. The van der Waals surface area contributed by atoms with Gasteiger partial charge in [-0.15, -0.1) is 0 Å². The minimum Gasteiger partial charge on any atom is -0.332 e. The smallest absolute Gasteiger partial charge is 0.332 e. The molecule has 0 saturated carbocycles. The highest BCUT2D eigenvalue weighted by atomic mass is 35.5. The fraction of sp³-hybridized carbons (Fsp3) is 0.333. The van der Waals surface area contributed by atoms with Gasteiger partial charge in [0.25, 0.3) is 5.91 Å². The van der Waals surface area contributed by atoms with Crippen molar-refractivity contribution in [3.8, 4) is 0 Å². The van der Waals surface area contributed by atoms with Gasteiger partial charge in [-0.2, -0.15) is 18.3 Å². The summed E-state index contributed by atoms with van der Waals surface area (Å²) in [6.45, 7) is 2.57. The van der Waals surface area contributed by atoms with Crippen LogP contribution in [0.3, 0.4) is 0 Å². The molecule has 1 aromatic heterocycles. The van der Waals surface area contributed by atoms with Gasteiger partial charge >= 0.3 is 6.18 Å². The highest BCUT2D eigenvalue weighted by molar-refractivity contribution is 6.34. The summed E-state index contributed by atoms with van der Waals surface area (Å²) in [6.07, 6.45) is -3.98. The number of carbonyl (C=O) groups is 1. The number of hydrogen-bond donors (Lipinski definition) is 1. The number of hydrogen-bond acceptors (Lipinski definition) is 2. The quantitative estimate of drug-likeness (QED) is 0.860. The largest absolute Gasteiger partial charge is 0.417 e. The van der Waals surface area contributed by atoms with Gasteiger partial charge in [0.2, 0.25) is 0 Å². The average Bonchev–Trinajstić information content (AvgIpc) is 2.86. The van der Waals surface area contributed by atoms with Crippen molar-refractivity contribution in [3.05, 3.63) is 51.3 Å². The Labute approximate surface area is 135 Å². The van der Waals surface area contributed by atoms with Crippen molar-refractivity contribution in [2.45, 2.75) is 26.1 Å². The van der Waals surface area contributed by atoms with Crippen molar-refractivity contribution in [1.82, 2.24) is 15.1 Å². The summed E-state index contributed by atoms with van der Waals surface area (Å²) in [5.74, 6) is -0.521. The maximum atomic E-state index is 12.9. The summed E-state index contributed by atoms with van der Waals surface area (Å²) in [7, 11) is 0. The first-order valence-electron chi connectivity index (χ1n) is 6.96. The zero-order valence-corrected chi connectivity index (χ0v) is 12.9. The van der Waals surface area contributed by atoms with Gasteiger partial charge in [-0.25, -0.2) is 0 Å². The second-order valence-corrected chi connectivity index (χ2v) is 5.79. The lowest BCUT2D eigenvalue weighted by atomic mass is 10.0. The highest BCUT2D eigenvalue weighted by Gasteiger charge is 2.35. The van der Waals surface area contributed by atoms with Gasteiger partial charge < -0.3 is 4.90 Å². The first kappa shape index (κ1) is 15.9. The molecular formula is C15H13ClF3N3O. The summed E-state index contributed by atoms with van der Waals surface area (Å²) in [5, 5.41) is 6.42. The van der Waals surface area contributed by atoms with E-state index in [1.165, 1.54) is 17.0 Å². The third-order valence-corrected chi connectivity index (χ3v) is 4.36. The van der Waals surface area contributed by atoms with Gasteiger partial charge in [0.1, 0.15) is 0 Å². The third-order valence-electron chi connectivity index (χ3n) is 3.95. The number of rotatable bonds is 1. The molecule has 3 rings (SSSR count). The molecule has 23 heavy (non-hydrogen) atoms. The second kappa shape index (κ2) is 5.56. The predicted molar refractivity (Wildman–Crippen MR) is 78.2 cm³/mol. The monoisotopic (exact) mass is 343 g/mol. The molecule has 1 N–H and O–H groups in total. The standard InChI is InChI=1S/C15H13ClF3N3O/c1-8-9-5-6-22(7-12(9)21-20-8)14(23)10-3-2-4-11(13(10)16)15(17,18)19/h2-4H,5-7H2,1H3,(H,20,21). The van der Waals surface area contributed by atoms with Crippen molar-refractivity contribution in [2.24, 2.45) is 0 Å². The van der Waals surface area contributed by atoms with E-state index >= 15 is 0 Å². The second-order valence-electron chi connectivity index (χ2n) is 5.42. The van der Waals surface area contributed by atoms with Gasteiger partial charge in [0.05, 0.1) is 28.4 Å². The Morgan fingerprint density at radius 1 is 1.39 bits per heavy atom. The van der Waals surface area contributed by atoms with Crippen LogP contribution in [0.15, 0.2) is 18.2 Å². The molecule has 1 aliphatic heterocycles. The number of halogens is 4. The first-order valence-corrected chi connectivity index (χ1v) is 7.34. The molecule has 1 amide bonds. The number of nitrogens with one attached hydrogen (secondary N) is 1. The molecule has 8 heteroatoms. The molecule has 0 aliphatic carbocycles. The number of fused-ring (bicyclic) bond motifs is 1. The molecule has 2 heterocycles. The van der Waals surface area contributed by atoms with E-state index in [9.17, 15) is 18.0 Å². The van der Waals surface area contributed by atoms with E-state index in [0.29, 0.717) is 13.0 Å². The van der Waals surface area contributed by atoms with Gasteiger partial charge in [-0.3, -0.25) is 9.89 Å². The van der Waals surface area contributed by atoms with Gasteiger partial charge in [0, 0.05) is 12.2 Å². The minimum absolute atomic E-state index is 0.141. The van der Waals surface area contributed by atoms with Gasteiger partial charge in [0.15, 0.2) is 0 Å². The molecule has 0 spiro atoms. The number of nitrogens with zero attached hydrogens (tertiary/aromatic N) is 2. The van der Waals surface area contributed by atoms with Crippen LogP contribution < -0.4 is 0 Å². The number of alkyl halides is 3. The maximum Gasteiger partial charge on any atom is 0.417 e. The molecule has 0 bridgehead atoms. The van der Waals surface area contributed by atoms with Crippen LogP contribution in [0.4, 0.5) is 13.2 Å². The fourth-order valence-corrected chi connectivity index (χ4v) is 3.05. The van der Waals surface area contributed by atoms with E-state index in [1.54, 1.807) is 0 Å². The average molecular weight is 344 g/mol. The van der Waals surface area contributed by atoms with E-state index in [2.05, 4.69) is 10.2 Å². The Kier molecular flexibility index (Phi) is 3.83. The van der Waals surface area contributed by atoms with Crippen molar-refractivity contribution >= 4 is 17.5 Å². The van der Waals surface area contributed by atoms with Crippen LogP contribution >= 0.6 is 11.6 Å². The third kappa shape index (κ3) is 2.81. The van der Waals surface area contributed by atoms with Crippen LogP contribution in [0.25, 0.3) is 0 Å². The zero-order valence-electron chi connectivity index (χ0n) is 12.2. The topological polar surface area (TPSA) is 49.0 Å². The SMILES string of the molecule is Cc1[nH]nc2c1CCN(C(=O)c1cccc(C(F)(F)F)c1Cl)C2. The molecule has 1 aromatic carbocycles. The molecule has 4 nitrogen and oxygen atoms in total. The number of aromatic nitrogens is 2. The van der Waals surface area contributed by atoms with Crippen LogP contribution in [0, 0.1) is 6.92 Å². The molecule has 2 aromatic rings. The zero-order chi connectivity index (χ0) is 16.8. The predicted octanol–water partition coefficient (Wildman–Crippen LogP) is 3.59. The lowest BCUT2D eigenvalue weighted by Gasteiger charge is -2.27. The number of amides is 1. The molecule has 1 aliphatic rings. The van der Waals surface area contributed by atoms with E-state index in [0.717, 1.165) is 23.0 Å². The number of benzene rings is 1. The summed E-state index contributed by atoms with van der Waals surface area (Å²) in [6, 6.07) is 3.37. The Morgan fingerprint density at radius 2 is 2.13 bits per heavy atom. The molecule has 0 atom stereocenters. The minimum atomic E-state index is -4.60. The molecule has 0 saturated heterocycles. The van der Waals surface area contributed by atoms with E-state index in [4.69, 9.17) is 11.6 Å². The van der Waals surface area contributed by atoms with Crippen molar-refractivity contribution in [3.63, 3.8) is 0 Å². The van der Waals surface area contributed by atoms with Crippen LogP contribution in [0.5, 0.6) is 0 Å². The first-order chi connectivity index (χ1) is 10.8. The van der Waals surface area contributed by atoms with Crippen LogP contribution in [0.1, 0.15) is 32.9 Å². The van der Waals surface area contributed by atoms with E-state index in [1.807, 2.05) is 6.92 Å². The number of aryl methyl sites for hydroxylation is 1. The Bertz CT molecular complexity index is 770.